The number of rotatable bonds is 3. The quantitative estimate of drug-likeness (QED) is 0.904. The zero-order valence-corrected chi connectivity index (χ0v) is 11.3. The molecule has 2 rings (SSSR count). The van der Waals surface area contributed by atoms with Gasteiger partial charge < -0.3 is 10.5 Å². The maximum absolute atomic E-state index is 5.95. The van der Waals surface area contributed by atoms with Crippen LogP contribution in [0, 0.1) is 20.8 Å². The van der Waals surface area contributed by atoms with Crippen molar-refractivity contribution in [2.45, 2.75) is 27.4 Å². The molecule has 96 valence electrons. The molecule has 0 bridgehead atoms. The van der Waals surface area contributed by atoms with E-state index in [1.807, 2.05) is 33.0 Å². The minimum absolute atomic E-state index is 0.454. The zero-order valence-electron chi connectivity index (χ0n) is 11.3. The molecule has 1 aromatic heterocycles. The zero-order chi connectivity index (χ0) is 13.3. The molecule has 0 spiro atoms. The largest absolute Gasteiger partial charge is 0.488 e. The number of nitrogen functional groups attached to an aromatic ring is 1. The molecule has 0 aliphatic heterocycles. The fraction of sp³-hybridized carbons (Fsp3) is 0.357. The van der Waals surface area contributed by atoms with Crippen molar-refractivity contribution in [1.29, 1.82) is 0 Å². The summed E-state index contributed by atoms with van der Waals surface area (Å²) >= 11 is 0. The van der Waals surface area contributed by atoms with E-state index < -0.39 is 0 Å². The molecule has 4 heteroatoms. The third-order valence-corrected chi connectivity index (χ3v) is 3.10. The lowest BCUT2D eigenvalue weighted by Gasteiger charge is -2.10. The summed E-state index contributed by atoms with van der Waals surface area (Å²) in [5.41, 5.74) is 10.2. The van der Waals surface area contributed by atoms with Gasteiger partial charge in [0.25, 0.3) is 0 Å². The van der Waals surface area contributed by atoms with E-state index in [2.05, 4.69) is 18.1 Å². The molecular weight excluding hydrogens is 226 g/mol. The van der Waals surface area contributed by atoms with Gasteiger partial charge in [-0.05, 0) is 32.4 Å². The van der Waals surface area contributed by atoms with Gasteiger partial charge in [-0.1, -0.05) is 17.7 Å². The summed E-state index contributed by atoms with van der Waals surface area (Å²) in [6, 6.07) is 6.14. The van der Waals surface area contributed by atoms with Gasteiger partial charge in [-0.15, -0.1) is 0 Å². The summed E-state index contributed by atoms with van der Waals surface area (Å²) in [4.78, 5) is 0. The second kappa shape index (κ2) is 4.72. The van der Waals surface area contributed by atoms with Crippen molar-refractivity contribution in [1.82, 2.24) is 9.78 Å². The Morgan fingerprint density at radius 2 is 2.00 bits per heavy atom. The molecule has 2 aromatic rings. The monoisotopic (exact) mass is 245 g/mol. The maximum Gasteiger partial charge on any atom is 0.128 e. The molecule has 0 atom stereocenters. The van der Waals surface area contributed by atoms with Crippen molar-refractivity contribution in [2.24, 2.45) is 7.05 Å². The number of aromatic nitrogens is 2. The molecular formula is C14H19N3O. The van der Waals surface area contributed by atoms with E-state index in [1.165, 1.54) is 5.56 Å². The van der Waals surface area contributed by atoms with Crippen LogP contribution >= 0.6 is 0 Å². The van der Waals surface area contributed by atoms with E-state index in [0.717, 1.165) is 22.6 Å². The normalized spacial score (nSPS) is 10.7. The number of ether oxygens (including phenoxy) is 1. The van der Waals surface area contributed by atoms with E-state index in [1.54, 1.807) is 4.68 Å². The lowest BCUT2D eigenvalue weighted by molar-refractivity contribution is 0.304. The van der Waals surface area contributed by atoms with Crippen LogP contribution < -0.4 is 10.5 Å². The molecule has 0 saturated heterocycles. The van der Waals surface area contributed by atoms with Crippen LogP contribution in [-0.4, -0.2) is 9.78 Å². The highest BCUT2D eigenvalue weighted by molar-refractivity contribution is 5.43. The summed E-state index contributed by atoms with van der Waals surface area (Å²) in [6.45, 7) is 6.51. The Hall–Kier alpha value is -1.97. The Morgan fingerprint density at radius 1 is 1.28 bits per heavy atom. The minimum Gasteiger partial charge on any atom is -0.488 e. The van der Waals surface area contributed by atoms with E-state index >= 15 is 0 Å². The van der Waals surface area contributed by atoms with Gasteiger partial charge in [0, 0.05) is 7.05 Å². The highest BCUT2D eigenvalue weighted by atomic mass is 16.5. The van der Waals surface area contributed by atoms with Gasteiger partial charge in [0.05, 0.1) is 11.3 Å². The topological polar surface area (TPSA) is 53.1 Å². The molecule has 1 heterocycles. The van der Waals surface area contributed by atoms with E-state index in [0.29, 0.717) is 12.4 Å². The summed E-state index contributed by atoms with van der Waals surface area (Å²) in [6.07, 6.45) is 0. The van der Waals surface area contributed by atoms with Gasteiger partial charge in [0.2, 0.25) is 0 Å². The van der Waals surface area contributed by atoms with Crippen LogP contribution in [-0.2, 0) is 13.7 Å². The highest BCUT2D eigenvalue weighted by Gasteiger charge is 2.11. The lowest BCUT2D eigenvalue weighted by Crippen LogP contribution is -2.03. The molecule has 0 amide bonds. The number of benzene rings is 1. The molecule has 0 fully saturated rings. The van der Waals surface area contributed by atoms with Crippen molar-refractivity contribution in [2.75, 3.05) is 5.73 Å². The van der Waals surface area contributed by atoms with Crippen LogP contribution in [0.4, 0.5) is 5.82 Å². The fourth-order valence-electron chi connectivity index (χ4n) is 2.01. The first kappa shape index (κ1) is 12.5. The highest BCUT2D eigenvalue weighted by Crippen LogP contribution is 2.22. The predicted molar refractivity (Wildman–Crippen MR) is 72.6 cm³/mol. The van der Waals surface area contributed by atoms with Gasteiger partial charge in [0.15, 0.2) is 0 Å². The minimum atomic E-state index is 0.454. The smallest absolute Gasteiger partial charge is 0.128 e. The number of anilines is 1. The second-order valence-corrected chi connectivity index (χ2v) is 4.63. The predicted octanol–water partition coefficient (Wildman–Crippen LogP) is 2.51. The Morgan fingerprint density at radius 3 is 2.56 bits per heavy atom. The van der Waals surface area contributed by atoms with Crippen LogP contribution in [0.3, 0.4) is 0 Å². The average molecular weight is 245 g/mol. The van der Waals surface area contributed by atoms with Crippen molar-refractivity contribution >= 4 is 5.82 Å². The van der Waals surface area contributed by atoms with E-state index in [4.69, 9.17) is 10.5 Å². The molecule has 4 nitrogen and oxygen atoms in total. The maximum atomic E-state index is 5.95. The standard InChI is InChI=1S/C14H19N3O/c1-9-5-6-13(10(2)7-9)18-8-12-11(3)16-17(4)14(12)15/h5-7H,8,15H2,1-4H3. The lowest BCUT2D eigenvalue weighted by atomic mass is 10.1. The summed E-state index contributed by atoms with van der Waals surface area (Å²) < 4.78 is 7.50. The molecule has 2 N–H and O–H groups in total. The van der Waals surface area contributed by atoms with Gasteiger partial charge >= 0.3 is 0 Å². The SMILES string of the molecule is Cc1ccc(OCc2c(C)nn(C)c2N)c(C)c1. The Labute approximate surface area is 107 Å². The van der Waals surface area contributed by atoms with Gasteiger partial charge in [-0.2, -0.15) is 5.10 Å². The van der Waals surface area contributed by atoms with Crippen LogP contribution in [0.25, 0.3) is 0 Å². The molecule has 0 aliphatic rings. The Balaban J connectivity index is 2.16. The van der Waals surface area contributed by atoms with Crippen LogP contribution in [0.15, 0.2) is 18.2 Å². The molecule has 0 radical (unpaired) electrons. The van der Waals surface area contributed by atoms with Crippen LogP contribution in [0.1, 0.15) is 22.4 Å². The first-order valence-corrected chi connectivity index (χ1v) is 5.97. The number of hydrogen-bond acceptors (Lipinski definition) is 3. The first-order valence-electron chi connectivity index (χ1n) is 5.97. The number of hydrogen-bond donors (Lipinski definition) is 1. The summed E-state index contributed by atoms with van der Waals surface area (Å²) in [7, 11) is 1.84. The fourth-order valence-corrected chi connectivity index (χ4v) is 2.01. The van der Waals surface area contributed by atoms with Crippen LogP contribution in [0.5, 0.6) is 5.75 Å². The van der Waals surface area contributed by atoms with E-state index in [9.17, 15) is 0 Å². The van der Waals surface area contributed by atoms with Crippen LogP contribution in [0.2, 0.25) is 0 Å². The molecule has 0 unspecified atom stereocenters. The summed E-state index contributed by atoms with van der Waals surface area (Å²) in [5, 5.41) is 4.27. The van der Waals surface area contributed by atoms with E-state index in [-0.39, 0.29) is 0 Å². The molecule has 1 aromatic carbocycles. The molecule has 18 heavy (non-hydrogen) atoms. The Bertz CT molecular complexity index is 573. The molecule has 0 aliphatic carbocycles. The molecule has 0 saturated carbocycles. The van der Waals surface area contributed by atoms with Crippen molar-refractivity contribution in [3.8, 4) is 5.75 Å². The average Bonchev–Trinajstić information content (AvgIpc) is 2.53. The first-order chi connectivity index (χ1) is 8.49. The third-order valence-electron chi connectivity index (χ3n) is 3.10. The van der Waals surface area contributed by atoms with Crippen molar-refractivity contribution in [3.05, 3.63) is 40.6 Å². The van der Waals surface area contributed by atoms with Crippen molar-refractivity contribution < 1.29 is 4.74 Å². The van der Waals surface area contributed by atoms with Gasteiger partial charge in [0.1, 0.15) is 18.2 Å². The van der Waals surface area contributed by atoms with Gasteiger partial charge in [-0.3, -0.25) is 4.68 Å². The van der Waals surface area contributed by atoms with Gasteiger partial charge in [-0.25, -0.2) is 0 Å². The third kappa shape index (κ3) is 2.32. The van der Waals surface area contributed by atoms with Crippen molar-refractivity contribution in [3.63, 3.8) is 0 Å². The number of aryl methyl sites for hydroxylation is 4. The second-order valence-electron chi connectivity index (χ2n) is 4.63. The summed E-state index contributed by atoms with van der Waals surface area (Å²) in [5.74, 6) is 1.56. The number of nitrogens with two attached hydrogens (primary N) is 1. The Kier molecular flexibility index (Phi) is 3.28. The number of nitrogens with zero attached hydrogens (tertiary/aromatic N) is 2.